The standard InChI is InChI=1S/C15H25ClN2O/c1-12(2)11-18(9-10-19-3)15-6-4-5-14(16)13(15)7-8-17/h4-6,12H,7-11,17H2,1-3H3. The molecule has 0 aliphatic carbocycles. The first kappa shape index (κ1) is 16.3. The fourth-order valence-electron chi connectivity index (χ4n) is 2.19. The molecule has 1 aromatic rings. The molecule has 0 unspecified atom stereocenters. The number of methoxy groups -OCH3 is 1. The molecule has 0 aliphatic heterocycles. The van der Waals surface area contributed by atoms with Crippen molar-refractivity contribution in [1.29, 1.82) is 0 Å². The number of rotatable bonds is 8. The lowest BCUT2D eigenvalue weighted by molar-refractivity contribution is 0.204. The lowest BCUT2D eigenvalue weighted by Crippen LogP contribution is -2.32. The molecule has 0 aliphatic rings. The number of hydrogen-bond acceptors (Lipinski definition) is 3. The number of anilines is 1. The monoisotopic (exact) mass is 284 g/mol. The van der Waals surface area contributed by atoms with Crippen LogP contribution >= 0.6 is 11.6 Å². The molecule has 19 heavy (non-hydrogen) atoms. The Kier molecular flexibility index (Phi) is 7.21. The summed E-state index contributed by atoms with van der Waals surface area (Å²) in [7, 11) is 1.73. The molecule has 1 aromatic carbocycles. The Hall–Kier alpha value is -0.770. The zero-order valence-electron chi connectivity index (χ0n) is 12.2. The van der Waals surface area contributed by atoms with Gasteiger partial charge in [-0.15, -0.1) is 0 Å². The van der Waals surface area contributed by atoms with Crippen molar-refractivity contribution < 1.29 is 4.74 Å². The van der Waals surface area contributed by atoms with Gasteiger partial charge in [-0.25, -0.2) is 0 Å². The van der Waals surface area contributed by atoms with Gasteiger partial charge >= 0.3 is 0 Å². The molecule has 0 bridgehead atoms. The van der Waals surface area contributed by atoms with E-state index in [9.17, 15) is 0 Å². The summed E-state index contributed by atoms with van der Waals surface area (Å²) in [6.45, 7) is 7.60. The summed E-state index contributed by atoms with van der Waals surface area (Å²) < 4.78 is 5.21. The molecule has 0 spiro atoms. The highest BCUT2D eigenvalue weighted by atomic mass is 35.5. The second-order valence-corrected chi connectivity index (χ2v) is 5.52. The Bertz CT molecular complexity index is 382. The first-order valence-corrected chi connectivity index (χ1v) is 7.19. The van der Waals surface area contributed by atoms with Gasteiger partial charge in [-0.05, 0) is 36.6 Å². The van der Waals surface area contributed by atoms with Gasteiger partial charge in [0.2, 0.25) is 0 Å². The Morgan fingerprint density at radius 1 is 1.37 bits per heavy atom. The number of hydrogen-bond donors (Lipinski definition) is 1. The Balaban J connectivity index is 3.02. The molecule has 108 valence electrons. The number of nitrogens with two attached hydrogens (primary N) is 1. The van der Waals surface area contributed by atoms with Gasteiger partial charge in [-0.1, -0.05) is 31.5 Å². The van der Waals surface area contributed by atoms with Crippen molar-refractivity contribution in [3.8, 4) is 0 Å². The third-order valence-electron chi connectivity index (χ3n) is 2.98. The first-order valence-electron chi connectivity index (χ1n) is 6.81. The molecular formula is C15H25ClN2O. The second-order valence-electron chi connectivity index (χ2n) is 5.11. The SMILES string of the molecule is COCCN(CC(C)C)c1cccc(Cl)c1CCN. The molecule has 0 heterocycles. The average Bonchev–Trinajstić information content (AvgIpc) is 2.37. The van der Waals surface area contributed by atoms with Gasteiger partial charge in [0, 0.05) is 30.9 Å². The van der Waals surface area contributed by atoms with E-state index in [0.29, 0.717) is 19.1 Å². The molecule has 0 amide bonds. The molecule has 1 rings (SSSR count). The summed E-state index contributed by atoms with van der Waals surface area (Å²) in [5.41, 5.74) is 8.02. The molecule has 0 atom stereocenters. The van der Waals surface area contributed by atoms with Crippen LogP contribution in [0.15, 0.2) is 18.2 Å². The summed E-state index contributed by atoms with van der Waals surface area (Å²) in [5, 5.41) is 0.800. The Labute approximate surface area is 121 Å². The summed E-state index contributed by atoms with van der Waals surface area (Å²) in [5.74, 6) is 0.585. The van der Waals surface area contributed by atoms with Crippen molar-refractivity contribution in [2.45, 2.75) is 20.3 Å². The van der Waals surface area contributed by atoms with Gasteiger partial charge in [0.15, 0.2) is 0 Å². The molecule has 3 nitrogen and oxygen atoms in total. The second kappa shape index (κ2) is 8.41. The molecule has 0 aromatic heterocycles. The minimum atomic E-state index is 0.585. The number of halogens is 1. The van der Waals surface area contributed by atoms with E-state index >= 15 is 0 Å². The normalized spacial score (nSPS) is 11.1. The van der Waals surface area contributed by atoms with Crippen LogP contribution in [0.5, 0.6) is 0 Å². The third-order valence-corrected chi connectivity index (χ3v) is 3.33. The maximum Gasteiger partial charge on any atom is 0.0637 e. The molecule has 0 radical (unpaired) electrons. The molecule has 2 N–H and O–H groups in total. The minimum Gasteiger partial charge on any atom is -0.383 e. The first-order chi connectivity index (χ1) is 9.10. The van der Waals surface area contributed by atoms with Crippen molar-refractivity contribution in [2.75, 3.05) is 38.3 Å². The van der Waals surface area contributed by atoms with Crippen molar-refractivity contribution >= 4 is 17.3 Å². The number of nitrogens with zero attached hydrogens (tertiary/aromatic N) is 1. The van der Waals surface area contributed by atoms with Crippen LogP contribution in [0.2, 0.25) is 5.02 Å². The van der Waals surface area contributed by atoms with Gasteiger partial charge in [-0.2, -0.15) is 0 Å². The molecular weight excluding hydrogens is 260 g/mol. The number of ether oxygens (including phenoxy) is 1. The van der Waals surface area contributed by atoms with E-state index in [2.05, 4.69) is 24.8 Å². The third kappa shape index (κ3) is 5.01. The van der Waals surface area contributed by atoms with Crippen LogP contribution in [0.4, 0.5) is 5.69 Å². The minimum absolute atomic E-state index is 0.585. The fraction of sp³-hybridized carbons (Fsp3) is 0.600. The summed E-state index contributed by atoms with van der Waals surface area (Å²) in [6.07, 6.45) is 0.802. The predicted molar refractivity (Wildman–Crippen MR) is 83.1 cm³/mol. The van der Waals surface area contributed by atoms with Gasteiger partial charge < -0.3 is 15.4 Å². The highest BCUT2D eigenvalue weighted by Crippen LogP contribution is 2.28. The van der Waals surface area contributed by atoms with E-state index < -0.39 is 0 Å². The van der Waals surface area contributed by atoms with E-state index in [1.54, 1.807) is 7.11 Å². The Morgan fingerprint density at radius 3 is 2.68 bits per heavy atom. The zero-order chi connectivity index (χ0) is 14.3. The van der Waals surface area contributed by atoms with Crippen molar-refractivity contribution in [1.82, 2.24) is 0 Å². The largest absolute Gasteiger partial charge is 0.383 e. The topological polar surface area (TPSA) is 38.5 Å². The fourth-order valence-corrected chi connectivity index (χ4v) is 2.45. The Morgan fingerprint density at radius 2 is 2.11 bits per heavy atom. The maximum atomic E-state index is 6.31. The van der Waals surface area contributed by atoms with Crippen LogP contribution in [-0.2, 0) is 11.2 Å². The molecule has 0 fully saturated rings. The van der Waals surface area contributed by atoms with Gasteiger partial charge in [0.1, 0.15) is 0 Å². The lowest BCUT2D eigenvalue weighted by Gasteiger charge is -2.29. The highest BCUT2D eigenvalue weighted by Gasteiger charge is 2.14. The summed E-state index contributed by atoms with van der Waals surface area (Å²) >= 11 is 6.31. The summed E-state index contributed by atoms with van der Waals surface area (Å²) in [6, 6.07) is 6.05. The van der Waals surface area contributed by atoms with E-state index in [-0.39, 0.29) is 0 Å². The van der Waals surface area contributed by atoms with Crippen LogP contribution in [0.1, 0.15) is 19.4 Å². The maximum absolute atomic E-state index is 6.31. The molecule has 0 saturated heterocycles. The molecule has 0 saturated carbocycles. The smallest absolute Gasteiger partial charge is 0.0637 e. The van der Waals surface area contributed by atoms with Crippen molar-refractivity contribution in [3.63, 3.8) is 0 Å². The van der Waals surface area contributed by atoms with E-state index in [1.165, 1.54) is 5.69 Å². The van der Waals surface area contributed by atoms with Crippen LogP contribution in [0.3, 0.4) is 0 Å². The zero-order valence-corrected chi connectivity index (χ0v) is 12.9. The lowest BCUT2D eigenvalue weighted by atomic mass is 10.1. The van der Waals surface area contributed by atoms with E-state index in [0.717, 1.165) is 30.1 Å². The summed E-state index contributed by atoms with van der Waals surface area (Å²) in [4.78, 5) is 2.34. The average molecular weight is 285 g/mol. The predicted octanol–water partition coefficient (Wildman–Crippen LogP) is 2.95. The van der Waals surface area contributed by atoms with Crippen molar-refractivity contribution in [2.24, 2.45) is 11.7 Å². The van der Waals surface area contributed by atoms with Crippen molar-refractivity contribution in [3.05, 3.63) is 28.8 Å². The van der Waals surface area contributed by atoms with Crippen LogP contribution < -0.4 is 10.6 Å². The van der Waals surface area contributed by atoms with Gasteiger partial charge in [-0.3, -0.25) is 0 Å². The van der Waals surface area contributed by atoms with Crippen LogP contribution in [0, 0.1) is 5.92 Å². The van der Waals surface area contributed by atoms with Crippen LogP contribution in [-0.4, -0.2) is 33.4 Å². The van der Waals surface area contributed by atoms with Gasteiger partial charge in [0.25, 0.3) is 0 Å². The van der Waals surface area contributed by atoms with E-state index in [4.69, 9.17) is 22.1 Å². The number of benzene rings is 1. The van der Waals surface area contributed by atoms with E-state index in [1.807, 2.05) is 12.1 Å². The van der Waals surface area contributed by atoms with Crippen LogP contribution in [0.25, 0.3) is 0 Å². The van der Waals surface area contributed by atoms with Gasteiger partial charge in [0.05, 0.1) is 6.61 Å². The quantitative estimate of drug-likeness (QED) is 0.798. The highest BCUT2D eigenvalue weighted by molar-refractivity contribution is 6.31. The molecule has 4 heteroatoms.